The fourth-order valence-electron chi connectivity index (χ4n) is 2.76. The first-order chi connectivity index (χ1) is 9.38. The fraction of sp³-hybridized carbons (Fsp3) is 1.00. The van der Waals surface area contributed by atoms with Gasteiger partial charge in [0.1, 0.15) is 0 Å². The Bertz CT molecular complexity index is 185. The van der Waals surface area contributed by atoms with Gasteiger partial charge in [0.25, 0.3) is 0 Å². The highest BCUT2D eigenvalue weighted by atomic mass is 35.5. The minimum absolute atomic E-state index is 0.114. The third-order valence-corrected chi connectivity index (χ3v) is 4.06. The van der Waals surface area contributed by atoms with Crippen LogP contribution >= 0.6 is 23.2 Å². The lowest BCUT2D eigenvalue weighted by Gasteiger charge is -2.28. The van der Waals surface area contributed by atoms with Gasteiger partial charge >= 0.3 is 0 Å². The van der Waals surface area contributed by atoms with Crippen LogP contribution in [0.4, 0.5) is 0 Å². The van der Waals surface area contributed by atoms with E-state index in [1.165, 1.54) is 57.8 Å². The van der Waals surface area contributed by atoms with Gasteiger partial charge < -0.3 is 9.47 Å². The summed E-state index contributed by atoms with van der Waals surface area (Å²) in [6.07, 6.45) is 11.7. The quantitative estimate of drug-likeness (QED) is 0.488. The largest absolute Gasteiger partial charge is 0.351 e. The van der Waals surface area contributed by atoms with Crippen LogP contribution in [0.25, 0.3) is 0 Å². The molecule has 4 heteroatoms. The van der Waals surface area contributed by atoms with Crippen molar-refractivity contribution in [3.63, 3.8) is 0 Å². The number of halogens is 2. The van der Waals surface area contributed by atoms with E-state index in [1.54, 1.807) is 0 Å². The van der Waals surface area contributed by atoms with E-state index in [0.29, 0.717) is 30.9 Å². The molecular formula is C15H28Cl2O2. The molecule has 0 unspecified atom stereocenters. The van der Waals surface area contributed by atoms with E-state index in [1.807, 2.05) is 0 Å². The topological polar surface area (TPSA) is 18.5 Å². The second-order valence-electron chi connectivity index (χ2n) is 5.30. The third kappa shape index (κ3) is 8.39. The van der Waals surface area contributed by atoms with Crippen LogP contribution in [0.3, 0.4) is 0 Å². The van der Waals surface area contributed by atoms with Crippen molar-refractivity contribution >= 4 is 23.2 Å². The summed E-state index contributed by atoms with van der Waals surface area (Å²) >= 11 is 11.4. The Morgan fingerprint density at radius 1 is 0.737 bits per heavy atom. The maximum absolute atomic E-state index is 5.79. The normalized spacial score (nSPS) is 19.7. The average molecular weight is 311 g/mol. The van der Waals surface area contributed by atoms with E-state index >= 15 is 0 Å². The molecule has 1 fully saturated rings. The number of rotatable bonds is 7. The van der Waals surface area contributed by atoms with Gasteiger partial charge in [-0.25, -0.2) is 0 Å². The van der Waals surface area contributed by atoms with Crippen molar-refractivity contribution in [1.82, 2.24) is 0 Å². The van der Waals surface area contributed by atoms with Gasteiger partial charge in [-0.3, -0.25) is 0 Å². The zero-order chi connectivity index (χ0) is 13.8. The molecule has 0 saturated heterocycles. The van der Waals surface area contributed by atoms with Crippen molar-refractivity contribution in [2.45, 2.75) is 64.1 Å². The summed E-state index contributed by atoms with van der Waals surface area (Å²) in [4.78, 5) is 0. The van der Waals surface area contributed by atoms with Crippen molar-refractivity contribution in [2.75, 3.05) is 25.0 Å². The molecular weight excluding hydrogens is 283 g/mol. The lowest BCUT2D eigenvalue weighted by Crippen LogP contribution is -2.29. The SMILES string of the molecule is ClCCOC(OCCCl)C1CCCCCCCCC1. The molecule has 0 aromatic heterocycles. The minimum atomic E-state index is -0.114. The lowest BCUT2D eigenvalue weighted by atomic mass is 9.91. The number of ether oxygens (including phenoxy) is 2. The molecule has 0 heterocycles. The summed E-state index contributed by atoms with van der Waals surface area (Å²) in [6.45, 7) is 1.12. The maximum atomic E-state index is 5.79. The molecule has 114 valence electrons. The monoisotopic (exact) mass is 310 g/mol. The molecule has 0 aromatic rings. The molecule has 0 atom stereocenters. The Labute approximate surface area is 128 Å². The van der Waals surface area contributed by atoms with Gasteiger partial charge in [-0.05, 0) is 12.8 Å². The first kappa shape index (κ1) is 17.6. The van der Waals surface area contributed by atoms with Crippen molar-refractivity contribution in [2.24, 2.45) is 5.92 Å². The van der Waals surface area contributed by atoms with Crippen LogP contribution in [0.2, 0.25) is 0 Å². The van der Waals surface area contributed by atoms with Gasteiger partial charge in [-0.1, -0.05) is 44.9 Å². The van der Waals surface area contributed by atoms with E-state index in [-0.39, 0.29) is 6.29 Å². The molecule has 0 spiro atoms. The third-order valence-electron chi connectivity index (χ3n) is 3.75. The van der Waals surface area contributed by atoms with Gasteiger partial charge in [-0.15, -0.1) is 23.2 Å². The van der Waals surface area contributed by atoms with Crippen LogP contribution in [-0.4, -0.2) is 31.3 Å². The Morgan fingerprint density at radius 2 is 1.16 bits per heavy atom. The summed E-state index contributed by atoms with van der Waals surface area (Å²) in [7, 11) is 0. The van der Waals surface area contributed by atoms with Crippen molar-refractivity contribution in [3.8, 4) is 0 Å². The van der Waals surface area contributed by atoms with E-state index < -0.39 is 0 Å². The zero-order valence-electron chi connectivity index (χ0n) is 11.9. The van der Waals surface area contributed by atoms with E-state index in [9.17, 15) is 0 Å². The molecule has 0 N–H and O–H groups in total. The summed E-state index contributed by atoms with van der Waals surface area (Å²) in [5.74, 6) is 1.55. The molecule has 1 aliphatic rings. The highest BCUT2D eigenvalue weighted by Gasteiger charge is 2.22. The molecule has 0 radical (unpaired) electrons. The molecule has 1 aliphatic carbocycles. The minimum Gasteiger partial charge on any atom is -0.351 e. The van der Waals surface area contributed by atoms with E-state index in [0.717, 1.165) is 0 Å². The summed E-state index contributed by atoms with van der Waals surface area (Å²) in [6, 6.07) is 0. The molecule has 1 saturated carbocycles. The summed E-state index contributed by atoms with van der Waals surface area (Å²) < 4.78 is 11.6. The van der Waals surface area contributed by atoms with Crippen LogP contribution in [0.1, 0.15) is 57.8 Å². The molecule has 0 bridgehead atoms. The number of hydrogen-bond acceptors (Lipinski definition) is 2. The van der Waals surface area contributed by atoms with Gasteiger partial charge in [-0.2, -0.15) is 0 Å². The Kier molecular flexibility index (Phi) is 11.3. The maximum Gasteiger partial charge on any atom is 0.160 e. The second-order valence-corrected chi connectivity index (χ2v) is 6.06. The van der Waals surface area contributed by atoms with Crippen molar-refractivity contribution in [3.05, 3.63) is 0 Å². The average Bonchev–Trinajstić information content (AvgIpc) is 2.45. The predicted octanol–water partition coefficient (Wildman–Crippen LogP) is 4.96. The lowest BCUT2D eigenvalue weighted by molar-refractivity contribution is -0.169. The number of hydrogen-bond donors (Lipinski definition) is 0. The Morgan fingerprint density at radius 3 is 1.58 bits per heavy atom. The predicted molar refractivity (Wildman–Crippen MR) is 82.2 cm³/mol. The van der Waals surface area contributed by atoms with Crippen molar-refractivity contribution in [1.29, 1.82) is 0 Å². The number of alkyl halides is 2. The van der Waals surface area contributed by atoms with Crippen molar-refractivity contribution < 1.29 is 9.47 Å². The van der Waals surface area contributed by atoms with Gasteiger partial charge in [0.05, 0.1) is 13.2 Å². The van der Waals surface area contributed by atoms with Crippen LogP contribution in [0.15, 0.2) is 0 Å². The smallest absolute Gasteiger partial charge is 0.160 e. The van der Waals surface area contributed by atoms with E-state index in [2.05, 4.69) is 0 Å². The molecule has 0 aromatic carbocycles. The molecule has 1 rings (SSSR count). The second kappa shape index (κ2) is 12.3. The molecule has 2 nitrogen and oxygen atoms in total. The highest BCUT2D eigenvalue weighted by molar-refractivity contribution is 6.18. The van der Waals surface area contributed by atoms with E-state index in [4.69, 9.17) is 32.7 Å². The summed E-state index contributed by atoms with van der Waals surface area (Å²) in [5.41, 5.74) is 0. The molecule has 0 aliphatic heterocycles. The van der Waals surface area contributed by atoms with Gasteiger partial charge in [0, 0.05) is 17.7 Å². The first-order valence-electron chi connectivity index (χ1n) is 7.73. The summed E-state index contributed by atoms with van der Waals surface area (Å²) in [5, 5.41) is 0. The fourth-order valence-corrected chi connectivity index (χ4v) is 2.93. The Hall–Kier alpha value is 0.500. The van der Waals surface area contributed by atoms with Crippen LogP contribution < -0.4 is 0 Å². The highest BCUT2D eigenvalue weighted by Crippen LogP contribution is 2.26. The van der Waals surface area contributed by atoms with Gasteiger partial charge in [0.2, 0.25) is 0 Å². The zero-order valence-corrected chi connectivity index (χ0v) is 13.4. The van der Waals surface area contributed by atoms with Crippen LogP contribution in [-0.2, 0) is 9.47 Å². The first-order valence-corrected chi connectivity index (χ1v) is 8.80. The molecule has 0 amide bonds. The Balaban J connectivity index is 2.44. The molecule has 19 heavy (non-hydrogen) atoms. The standard InChI is InChI=1S/C15H28Cl2O2/c16-10-12-18-15(19-13-11-17)14-8-6-4-2-1-3-5-7-9-14/h14-15H,1-13H2. The van der Waals surface area contributed by atoms with Crippen LogP contribution in [0, 0.1) is 5.92 Å². The van der Waals surface area contributed by atoms with Crippen LogP contribution in [0.5, 0.6) is 0 Å². The van der Waals surface area contributed by atoms with Gasteiger partial charge in [0.15, 0.2) is 6.29 Å².